The molecule has 2 aromatic carbocycles. The number of rotatable bonds is 6. The zero-order chi connectivity index (χ0) is 26.2. The van der Waals surface area contributed by atoms with Gasteiger partial charge in [-0.15, -0.1) is 0 Å². The Bertz CT molecular complexity index is 1410. The number of nitrogens with one attached hydrogen (secondary N) is 2. The maximum atomic E-state index is 13.5. The number of halogens is 2. The Balaban J connectivity index is 1.14. The Morgan fingerprint density at radius 3 is 2.82 bits per heavy atom. The van der Waals surface area contributed by atoms with E-state index in [1.807, 2.05) is 12.1 Å². The van der Waals surface area contributed by atoms with Gasteiger partial charge in [-0.2, -0.15) is 0 Å². The van der Waals surface area contributed by atoms with Crippen molar-refractivity contribution >= 4 is 29.4 Å². The average Bonchev–Trinajstić information content (AvgIpc) is 3.45. The quantitative estimate of drug-likeness (QED) is 0.489. The van der Waals surface area contributed by atoms with Gasteiger partial charge in [0, 0.05) is 36.9 Å². The Kier molecular flexibility index (Phi) is 6.71. The summed E-state index contributed by atoms with van der Waals surface area (Å²) in [5.41, 5.74) is 4.49. The van der Waals surface area contributed by atoms with Crippen LogP contribution < -0.4 is 10.6 Å². The molecule has 3 aliphatic rings. The predicted octanol–water partition coefficient (Wildman–Crippen LogP) is 4.29. The third kappa shape index (κ3) is 4.96. The van der Waals surface area contributed by atoms with Gasteiger partial charge in [-0.1, -0.05) is 29.8 Å². The van der Waals surface area contributed by atoms with Crippen molar-refractivity contribution in [1.29, 1.82) is 0 Å². The number of benzene rings is 2. The molecule has 10 heteroatoms. The lowest BCUT2D eigenvalue weighted by Gasteiger charge is -2.23. The van der Waals surface area contributed by atoms with E-state index >= 15 is 0 Å². The smallest absolute Gasteiger partial charge is 0.254 e. The zero-order valence-electron chi connectivity index (χ0n) is 20.7. The molecule has 0 saturated carbocycles. The van der Waals surface area contributed by atoms with E-state index in [-0.39, 0.29) is 36.3 Å². The molecule has 1 unspecified atom stereocenters. The predicted molar refractivity (Wildman–Crippen MR) is 140 cm³/mol. The molecule has 1 aliphatic carbocycles. The van der Waals surface area contributed by atoms with E-state index in [1.165, 1.54) is 17.0 Å². The van der Waals surface area contributed by atoms with Crippen LogP contribution in [0.3, 0.4) is 0 Å². The molecule has 8 nitrogen and oxygen atoms in total. The first-order valence-corrected chi connectivity index (χ1v) is 13.2. The zero-order valence-corrected chi connectivity index (χ0v) is 21.4. The Labute approximate surface area is 224 Å². The topological polar surface area (TPSA) is 96.5 Å². The molecule has 2 amide bonds. The number of ether oxygens (including phenoxy) is 1. The Hall–Kier alpha value is -3.56. The molecule has 38 heavy (non-hydrogen) atoms. The maximum Gasteiger partial charge on any atom is 0.254 e. The maximum absolute atomic E-state index is 13.5. The van der Waals surface area contributed by atoms with Crippen LogP contribution in [-0.2, 0) is 22.5 Å². The third-order valence-corrected chi connectivity index (χ3v) is 7.69. The van der Waals surface area contributed by atoms with Crippen LogP contribution in [0.25, 0.3) is 11.3 Å². The second-order valence-electron chi connectivity index (χ2n) is 9.96. The minimum atomic E-state index is -0.273. The normalized spacial score (nSPS) is 18.8. The largest absolute Gasteiger partial charge is 0.381 e. The molecule has 6 rings (SSSR count). The summed E-state index contributed by atoms with van der Waals surface area (Å²) in [6.07, 6.45) is 4.75. The number of nitrogens with zero attached hydrogens (tertiary/aromatic N) is 3. The second kappa shape index (κ2) is 10.3. The summed E-state index contributed by atoms with van der Waals surface area (Å²) in [6.45, 7) is 1.70. The van der Waals surface area contributed by atoms with Crippen LogP contribution in [0, 0.1) is 5.82 Å². The molecule has 2 aliphatic heterocycles. The van der Waals surface area contributed by atoms with Gasteiger partial charge in [-0.3, -0.25) is 9.59 Å². The average molecular weight is 536 g/mol. The van der Waals surface area contributed by atoms with Crippen LogP contribution in [0.5, 0.6) is 0 Å². The van der Waals surface area contributed by atoms with E-state index in [4.69, 9.17) is 16.3 Å². The highest BCUT2D eigenvalue weighted by Gasteiger charge is 2.31. The number of amides is 2. The number of fused-ring (bicyclic) bond motifs is 2. The first-order valence-electron chi connectivity index (χ1n) is 12.8. The molecule has 3 heterocycles. The lowest BCUT2D eigenvalue weighted by molar-refractivity contribution is -0.122. The first-order chi connectivity index (χ1) is 18.4. The highest BCUT2D eigenvalue weighted by atomic mass is 35.5. The van der Waals surface area contributed by atoms with Crippen LogP contribution in [0.1, 0.15) is 52.4 Å². The highest BCUT2D eigenvalue weighted by molar-refractivity contribution is 6.33. The van der Waals surface area contributed by atoms with Crippen molar-refractivity contribution in [2.75, 3.05) is 25.1 Å². The molecule has 1 aromatic heterocycles. The molecule has 2 N–H and O–H groups in total. The number of carbonyl (C=O) groups excluding carboxylic acids is 2. The monoisotopic (exact) mass is 535 g/mol. The van der Waals surface area contributed by atoms with Gasteiger partial charge in [0.1, 0.15) is 12.4 Å². The number of anilines is 1. The molecule has 1 fully saturated rings. The van der Waals surface area contributed by atoms with Crippen molar-refractivity contribution in [2.24, 2.45) is 0 Å². The van der Waals surface area contributed by atoms with Gasteiger partial charge in [0.15, 0.2) is 0 Å². The van der Waals surface area contributed by atoms with Crippen molar-refractivity contribution in [3.8, 4) is 11.3 Å². The first kappa shape index (κ1) is 24.8. The van der Waals surface area contributed by atoms with Crippen LogP contribution in [0.2, 0.25) is 5.02 Å². The van der Waals surface area contributed by atoms with Gasteiger partial charge < -0.3 is 20.3 Å². The number of hydrogen-bond acceptors (Lipinski definition) is 6. The summed E-state index contributed by atoms with van der Waals surface area (Å²) in [5.74, 6) is -0.240. The fraction of sp³-hybridized carbons (Fsp3) is 0.357. The molecular weight excluding hydrogens is 509 g/mol. The van der Waals surface area contributed by atoms with E-state index in [2.05, 4.69) is 20.6 Å². The van der Waals surface area contributed by atoms with E-state index in [0.717, 1.165) is 29.5 Å². The highest BCUT2D eigenvalue weighted by Crippen LogP contribution is 2.33. The SMILES string of the molecule is O=C(CN1Cc2ccc(-c3nc(NC4CCOCC4)ncc3Cl)cc2C1=O)NC1CCc2cc(F)ccc21. The molecule has 1 saturated heterocycles. The van der Waals surface area contributed by atoms with Gasteiger partial charge in [0.25, 0.3) is 5.91 Å². The van der Waals surface area contributed by atoms with Gasteiger partial charge in [-0.25, -0.2) is 14.4 Å². The Morgan fingerprint density at radius 1 is 1.13 bits per heavy atom. The summed E-state index contributed by atoms with van der Waals surface area (Å²) in [5, 5.41) is 6.75. The number of carbonyl (C=O) groups is 2. The minimum Gasteiger partial charge on any atom is -0.381 e. The summed E-state index contributed by atoms with van der Waals surface area (Å²) >= 11 is 6.44. The van der Waals surface area contributed by atoms with Crippen LogP contribution in [-0.4, -0.2) is 52.5 Å². The fourth-order valence-electron chi connectivity index (χ4n) is 5.45. The molecule has 196 valence electrons. The summed E-state index contributed by atoms with van der Waals surface area (Å²) in [4.78, 5) is 36.5. The summed E-state index contributed by atoms with van der Waals surface area (Å²) in [7, 11) is 0. The van der Waals surface area contributed by atoms with Crippen molar-refractivity contribution in [3.05, 3.63) is 75.7 Å². The Morgan fingerprint density at radius 2 is 1.97 bits per heavy atom. The third-order valence-electron chi connectivity index (χ3n) is 7.41. The fourth-order valence-corrected chi connectivity index (χ4v) is 5.65. The molecule has 0 radical (unpaired) electrons. The second-order valence-corrected chi connectivity index (χ2v) is 10.4. The molecule has 3 aromatic rings. The molecule has 0 spiro atoms. The summed E-state index contributed by atoms with van der Waals surface area (Å²) in [6, 6.07) is 10.3. The van der Waals surface area contributed by atoms with E-state index in [1.54, 1.807) is 18.3 Å². The number of aromatic nitrogens is 2. The van der Waals surface area contributed by atoms with Gasteiger partial charge in [0.05, 0.1) is 23.0 Å². The van der Waals surface area contributed by atoms with Crippen molar-refractivity contribution < 1.29 is 18.7 Å². The van der Waals surface area contributed by atoms with E-state index < -0.39 is 0 Å². The number of aryl methyl sites for hydroxylation is 1. The van der Waals surface area contributed by atoms with Crippen molar-refractivity contribution in [3.63, 3.8) is 0 Å². The molecule has 0 bridgehead atoms. The lowest BCUT2D eigenvalue weighted by atomic mass is 10.0. The van der Waals surface area contributed by atoms with Gasteiger partial charge in [-0.05, 0) is 60.6 Å². The molecule has 1 atom stereocenters. The summed E-state index contributed by atoms with van der Waals surface area (Å²) < 4.78 is 18.9. The molecular formula is C28H27ClFN5O3. The van der Waals surface area contributed by atoms with E-state index in [0.29, 0.717) is 60.4 Å². The van der Waals surface area contributed by atoms with Crippen molar-refractivity contribution in [2.45, 2.75) is 44.3 Å². The lowest BCUT2D eigenvalue weighted by Crippen LogP contribution is -2.38. The van der Waals surface area contributed by atoms with Crippen LogP contribution in [0.15, 0.2) is 42.6 Å². The minimum absolute atomic E-state index is 0.0523. The number of hydrogen-bond donors (Lipinski definition) is 2. The van der Waals surface area contributed by atoms with E-state index in [9.17, 15) is 14.0 Å². The van der Waals surface area contributed by atoms with Gasteiger partial charge in [0.2, 0.25) is 11.9 Å². The van der Waals surface area contributed by atoms with Crippen LogP contribution >= 0.6 is 11.6 Å². The van der Waals surface area contributed by atoms with Crippen LogP contribution in [0.4, 0.5) is 10.3 Å². The van der Waals surface area contributed by atoms with Gasteiger partial charge >= 0.3 is 0 Å². The standard InChI is InChI=1S/C28H27ClFN5O3/c29-23-13-31-28(32-20-7-9-38-10-8-20)34-26(23)17-1-2-18-14-35(27(37)22(18)12-17)15-25(36)33-24-6-3-16-11-19(30)4-5-21(16)24/h1-2,4-5,11-13,20,24H,3,6-10,14-15H2,(H,33,36)(H,31,32,34). The van der Waals surface area contributed by atoms with Crippen molar-refractivity contribution in [1.82, 2.24) is 20.2 Å².